The number of morpholine rings is 1. The van der Waals surface area contributed by atoms with Gasteiger partial charge in [-0.3, -0.25) is 9.59 Å². The Morgan fingerprint density at radius 1 is 1.22 bits per heavy atom. The maximum absolute atomic E-state index is 12.3. The van der Waals surface area contributed by atoms with Gasteiger partial charge in [-0.2, -0.15) is 0 Å². The fourth-order valence-corrected chi connectivity index (χ4v) is 2.87. The highest BCUT2D eigenvalue weighted by Crippen LogP contribution is 2.15. The number of benzene rings is 1. The van der Waals surface area contributed by atoms with E-state index in [0.717, 1.165) is 12.0 Å². The summed E-state index contributed by atoms with van der Waals surface area (Å²) in [5.74, 6) is -1.04. The molecule has 126 valence electrons. The quantitative estimate of drug-likeness (QED) is 0.868. The number of ether oxygens (including phenoxy) is 1. The number of nitrogens with zero attached hydrogens (tertiary/aromatic N) is 1. The van der Waals surface area contributed by atoms with Crippen LogP contribution in [0.4, 0.5) is 0 Å². The molecule has 2 amide bonds. The SMILES string of the molecule is CCc1ccc(C(C)NC(=O)C(=O)N2CC(C)OC(C)C2)cc1. The summed E-state index contributed by atoms with van der Waals surface area (Å²) in [5.41, 5.74) is 2.24. The van der Waals surface area contributed by atoms with E-state index >= 15 is 0 Å². The minimum absolute atomic E-state index is 0.0467. The summed E-state index contributed by atoms with van der Waals surface area (Å²) < 4.78 is 5.59. The lowest BCUT2D eigenvalue weighted by Crippen LogP contribution is -2.52. The van der Waals surface area contributed by atoms with Crippen molar-refractivity contribution in [2.24, 2.45) is 0 Å². The molecule has 0 spiro atoms. The largest absolute Gasteiger partial charge is 0.372 e. The van der Waals surface area contributed by atoms with Gasteiger partial charge in [-0.1, -0.05) is 31.2 Å². The van der Waals surface area contributed by atoms with Crippen molar-refractivity contribution in [1.29, 1.82) is 0 Å². The Morgan fingerprint density at radius 3 is 2.30 bits per heavy atom. The second-order valence-electron chi connectivity index (χ2n) is 6.26. The highest BCUT2D eigenvalue weighted by Gasteiger charge is 2.30. The van der Waals surface area contributed by atoms with Gasteiger partial charge in [0.15, 0.2) is 0 Å². The molecule has 2 rings (SSSR count). The van der Waals surface area contributed by atoms with Crippen molar-refractivity contribution in [3.63, 3.8) is 0 Å². The zero-order valence-electron chi connectivity index (χ0n) is 14.3. The molecule has 1 aromatic rings. The van der Waals surface area contributed by atoms with Crippen LogP contribution in [-0.4, -0.2) is 42.0 Å². The van der Waals surface area contributed by atoms with Gasteiger partial charge in [0.2, 0.25) is 0 Å². The number of nitrogens with one attached hydrogen (secondary N) is 1. The average molecular weight is 318 g/mol. The van der Waals surface area contributed by atoms with E-state index in [0.29, 0.717) is 13.1 Å². The molecule has 1 saturated heterocycles. The van der Waals surface area contributed by atoms with Crippen LogP contribution in [0.15, 0.2) is 24.3 Å². The van der Waals surface area contributed by atoms with Crippen LogP contribution in [0.3, 0.4) is 0 Å². The van der Waals surface area contributed by atoms with Crippen LogP contribution in [0, 0.1) is 0 Å². The summed E-state index contributed by atoms with van der Waals surface area (Å²) in [5, 5.41) is 2.79. The van der Waals surface area contributed by atoms with Crippen molar-refractivity contribution in [3.8, 4) is 0 Å². The summed E-state index contributed by atoms with van der Waals surface area (Å²) in [6.07, 6.45) is 0.886. The van der Waals surface area contributed by atoms with Gasteiger partial charge in [0.25, 0.3) is 0 Å². The van der Waals surface area contributed by atoms with Gasteiger partial charge in [0, 0.05) is 13.1 Å². The van der Waals surface area contributed by atoms with E-state index < -0.39 is 11.8 Å². The Balaban J connectivity index is 1.95. The molecule has 1 aromatic carbocycles. The molecule has 23 heavy (non-hydrogen) atoms. The highest BCUT2D eigenvalue weighted by atomic mass is 16.5. The van der Waals surface area contributed by atoms with Gasteiger partial charge in [-0.15, -0.1) is 0 Å². The van der Waals surface area contributed by atoms with Crippen LogP contribution in [0.25, 0.3) is 0 Å². The first-order valence-electron chi connectivity index (χ1n) is 8.24. The molecule has 3 atom stereocenters. The predicted molar refractivity (Wildman–Crippen MR) is 89.0 cm³/mol. The minimum Gasteiger partial charge on any atom is -0.372 e. The molecule has 3 unspecified atom stereocenters. The van der Waals surface area contributed by atoms with Crippen molar-refractivity contribution < 1.29 is 14.3 Å². The van der Waals surface area contributed by atoms with Crippen LogP contribution in [0.5, 0.6) is 0 Å². The Labute approximate surface area is 138 Å². The number of carbonyl (C=O) groups is 2. The standard InChI is InChI=1S/C18H26N2O3/c1-5-15-6-8-16(9-7-15)14(4)19-17(21)18(22)20-10-12(2)23-13(3)11-20/h6-9,12-14H,5,10-11H2,1-4H3,(H,19,21). The van der Waals surface area contributed by atoms with Crippen LogP contribution in [0.2, 0.25) is 0 Å². The first-order valence-corrected chi connectivity index (χ1v) is 8.24. The van der Waals surface area contributed by atoms with Crippen molar-refractivity contribution in [2.45, 2.75) is 52.4 Å². The molecular weight excluding hydrogens is 292 g/mol. The Bertz CT molecular complexity index is 546. The molecular formula is C18H26N2O3. The van der Waals surface area contributed by atoms with Gasteiger partial charge < -0.3 is 15.0 Å². The maximum Gasteiger partial charge on any atom is 0.312 e. The van der Waals surface area contributed by atoms with Gasteiger partial charge in [-0.25, -0.2) is 0 Å². The van der Waals surface area contributed by atoms with E-state index in [-0.39, 0.29) is 18.2 Å². The molecule has 0 saturated carbocycles. The normalized spacial score (nSPS) is 22.5. The van der Waals surface area contributed by atoms with E-state index in [4.69, 9.17) is 4.74 Å². The lowest BCUT2D eigenvalue weighted by Gasteiger charge is -2.35. The van der Waals surface area contributed by atoms with E-state index in [1.165, 1.54) is 5.56 Å². The van der Waals surface area contributed by atoms with Crippen LogP contribution < -0.4 is 5.32 Å². The fraction of sp³-hybridized carbons (Fsp3) is 0.556. The number of carbonyl (C=O) groups excluding carboxylic acids is 2. The summed E-state index contributed by atoms with van der Waals surface area (Å²) in [7, 11) is 0. The average Bonchev–Trinajstić information content (AvgIpc) is 2.53. The van der Waals surface area contributed by atoms with E-state index in [9.17, 15) is 9.59 Å². The molecule has 0 bridgehead atoms. The zero-order chi connectivity index (χ0) is 17.0. The maximum atomic E-state index is 12.3. The van der Waals surface area contributed by atoms with Crippen molar-refractivity contribution >= 4 is 11.8 Å². The number of aryl methyl sites for hydroxylation is 1. The smallest absolute Gasteiger partial charge is 0.312 e. The van der Waals surface area contributed by atoms with E-state index in [1.54, 1.807) is 4.90 Å². The first kappa shape index (κ1) is 17.5. The molecule has 5 heteroatoms. The highest BCUT2D eigenvalue weighted by molar-refractivity contribution is 6.35. The van der Waals surface area contributed by atoms with Crippen LogP contribution in [-0.2, 0) is 20.7 Å². The monoisotopic (exact) mass is 318 g/mol. The van der Waals surface area contributed by atoms with Crippen molar-refractivity contribution in [1.82, 2.24) is 10.2 Å². The molecule has 5 nitrogen and oxygen atoms in total. The molecule has 1 aliphatic rings. The van der Waals surface area contributed by atoms with E-state index in [2.05, 4.69) is 12.2 Å². The predicted octanol–water partition coefficient (Wildman–Crippen LogP) is 2.06. The molecule has 0 radical (unpaired) electrons. The summed E-state index contributed by atoms with van der Waals surface area (Å²) in [4.78, 5) is 26.1. The Kier molecular flexibility index (Phi) is 5.77. The van der Waals surface area contributed by atoms with Gasteiger partial charge >= 0.3 is 11.8 Å². The third kappa shape index (κ3) is 4.55. The van der Waals surface area contributed by atoms with Crippen LogP contribution in [0.1, 0.15) is 44.9 Å². The summed E-state index contributed by atoms with van der Waals surface area (Å²) >= 11 is 0. The van der Waals surface area contributed by atoms with Crippen LogP contribution >= 0.6 is 0 Å². The van der Waals surface area contributed by atoms with Crippen molar-refractivity contribution in [3.05, 3.63) is 35.4 Å². The molecule has 1 N–H and O–H groups in total. The number of amides is 2. The number of rotatable bonds is 3. The molecule has 0 aliphatic carbocycles. The minimum atomic E-state index is -0.557. The third-order valence-electron chi connectivity index (χ3n) is 4.14. The first-order chi connectivity index (χ1) is 10.9. The zero-order valence-corrected chi connectivity index (χ0v) is 14.3. The van der Waals surface area contributed by atoms with Gasteiger partial charge in [-0.05, 0) is 38.3 Å². The molecule has 1 fully saturated rings. The Morgan fingerprint density at radius 2 is 1.78 bits per heavy atom. The molecule has 1 heterocycles. The summed E-state index contributed by atoms with van der Waals surface area (Å²) in [6, 6.07) is 7.88. The fourth-order valence-electron chi connectivity index (χ4n) is 2.87. The lowest BCUT2D eigenvalue weighted by atomic mass is 10.0. The van der Waals surface area contributed by atoms with E-state index in [1.807, 2.05) is 45.0 Å². The topological polar surface area (TPSA) is 58.6 Å². The van der Waals surface area contributed by atoms with Gasteiger partial charge in [0.05, 0.1) is 18.2 Å². The third-order valence-corrected chi connectivity index (χ3v) is 4.14. The lowest BCUT2D eigenvalue weighted by molar-refractivity contribution is -0.153. The molecule has 1 aliphatic heterocycles. The summed E-state index contributed by atoms with van der Waals surface area (Å²) in [6.45, 7) is 8.71. The molecule has 0 aromatic heterocycles. The second-order valence-corrected chi connectivity index (χ2v) is 6.26. The number of hydrogen-bond donors (Lipinski definition) is 1. The second kappa shape index (κ2) is 7.59. The number of hydrogen-bond acceptors (Lipinski definition) is 3. The van der Waals surface area contributed by atoms with Gasteiger partial charge in [0.1, 0.15) is 0 Å². The van der Waals surface area contributed by atoms with Crippen molar-refractivity contribution in [2.75, 3.05) is 13.1 Å². The Hall–Kier alpha value is -1.88.